The van der Waals surface area contributed by atoms with E-state index in [1.54, 1.807) is 24.3 Å². The van der Waals surface area contributed by atoms with Gasteiger partial charge in [0.05, 0.1) is 25.2 Å². The van der Waals surface area contributed by atoms with Gasteiger partial charge in [0.15, 0.2) is 0 Å². The van der Waals surface area contributed by atoms with Crippen molar-refractivity contribution in [1.29, 1.82) is 0 Å². The lowest BCUT2D eigenvalue weighted by Crippen LogP contribution is -3.00. The first-order chi connectivity index (χ1) is 14.1. The van der Waals surface area contributed by atoms with Crippen LogP contribution in [0.3, 0.4) is 0 Å². The van der Waals surface area contributed by atoms with Crippen LogP contribution in [-0.2, 0) is 15.1 Å². The van der Waals surface area contributed by atoms with Crippen molar-refractivity contribution in [2.45, 2.75) is 62.3 Å². The number of hydrogen-bond donors (Lipinski definition) is 1. The van der Waals surface area contributed by atoms with Gasteiger partial charge in [0, 0.05) is 38.5 Å². The average Bonchev–Trinajstić information content (AvgIpc) is 3.31. The maximum atomic E-state index is 13.4. The zero-order valence-corrected chi connectivity index (χ0v) is 18.0. The van der Waals surface area contributed by atoms with Gasteiger partial charge in [0.25, 0.3) is 0 Å². The Hall–Kier alpha value is -1.88. The minimum atomic E-state index is -1.78. The van der Waals surface area contributed by atoms with Gasteiger partial charge in [-0.15, -0.1) is 0 Å². The number of hydrogen-bond acceptors (Lipinski definition) is 3. The highest BCUT2D eigenvalue weighted by atomic mass is 35.5. The van der Waals surface area contributed by atoms with Crippen molar-refractivity contribution in [2.75, 3.05) is 13.1 Å². The molecule has 3 saturated heterocycles. The van der Waals surface area contributed by atoms with Crippen LogP contribution in [0.1, 0.15) is 49.7 Å². The molecule has 0 radical (unpaired) electrons. The number of piperidine rings is 1. The van der Waals surface area contributed by atoms with Crippen molar-refractivity contribution in [1.82, 2.24) is 0 Å². The molecule has 0 aromatic heterocycles. The summed E-state index contributed by atoms with van der Waals surface area (Å²) in [6.45, 7) is 2.60. The third kappa shape index (κ3) is 3.35. The highest BCUT2D eigenvalue weighted by Crippen LogP contribution is 2.46. The molecule has 0 unspecified atom stereocenters. The lowest BCUT2D eigenvalue weighted by molar-refractivity contribution is -0.956. The molecule has 30 heavy (non-hydrogen) atoms. The van der Waals surface area contributed by atoms with Crippen molar-refractivity contribution in [3.05, 3.63) is 71.8 Å². The molecule has 4 nitrogen and oxygen atoms in total. The van der Waals surface area contributed by atoms with Gasteiger partial charge in [0.1, 0.15) is 6.10 Å². The summed E-state index contributed by atoms with van der Waals surface area (Å²) < 4.78 is 7.32. The summed E-state index contributed by atoms with van der Waals surface area (Å²) in [7, 11) is 0. The highest BCUT2D eigenvalue weighted by molar-refractivity contribution is 5.85. The van der Waals surface area contributed by atoms with E-state index in [1.165, 1.54) is 43.3 Å². The Bertz CT molecular complexity index is 811. The Labute approximate surface area is 184 Å². The molecule has 0 amide bonds. The summed E-state index contributed by atoms with van der Waals surface area (Å²) in [5.41, 5.74) is -0.671. The molecule has 0 saturated carbocycles. The van der Waals surface area contributed by atoms with Crippen LogP contribution in [0.15, 0.2) is 60.7 Å². The predicted octanol–water partition coefficient (Wildman–Crippen LogP) is 0.774. The number of aliphatic hydroxyl groups is 1. The fourth-order valence-electron chi connectivity index (χ4n) is 6.30. The second kappa shape index (κ2) is 8.33. The first-order valence-corrected chi connectivity index (χ1v) is 11.0. The third-order valence-electron chi connectivity index (χ3n) is 7.71. The minimum absolute atomic E-state index is 0. The maximum Gasteiger partial charge on any atom is 0.347 e. The number of esters is 1. The Morgan fingerprint density at radius 3 is 1.80 bits per heavy atom. The third-order valence-corrected chi connectivity index (χ3v) is 7.71. The van der Waals surface area contributed by atoms with Crippen LogP contribution in [-0.4, -0.2) is 46.8 Å². The monoisotopic (exact) mass is 427 g/mol. The predicted molar refractivity (Wildman–Crippen MR) is 111 cm³/mol. The second-order valence-electron chi connectivity index (χ2n) is 9.08. The van der Waals surface area contributed by atoms with Crippen LogP contribution >= 0.6 is 0 Å². The quantitative estimate of drug-likeness (QED) is 0.579. The van der Waals surface area contributed by atoms with Gasteiger partial charge >= 0.3 is 5.97 Å². The Kier molecular flexibility index (Phi) is 5.93. The molecule has 3 heterocycles. The van der Waals surface area contributed by atoms with Gasteiger partial charge in [-0.2, -0.15) is 0 Å². The number of carbonyl (C=O) groups is 1. The first kappa shape index (κ1) is 21.4. The number of benzene rings is 2. The topological polar surface area (TPSA) is 46.5 Å². The van der Waals surface area contributed by atoms with E-state index >= 15 is 0 Å². The van der Waals surface area contributed by atoms with Crippen LogP contribution < -0.4 is 12.4 Å². The largest absolute Gasteiger partial charge is 1.00 e. The summed E-state index contributed by atoms with van der Waals surface area (Å²) in [5, 5.41) is 11.6. The smallest absolute Gasteiger partial charge is 0.347 e. The van der Waals surface area contributed by atoms with Crippen molar-refractivity contribution >= 4 is 5.97 Å². The van der Waals surface area contributed by atoms with Crippen molar-refractivity contribution in [3.8, 4) is 0 Å². The van der Waals surface area contributed by atoms with Crippen LogP contribution in [0.5, 0.6) is 0 Å². The van der Waals surface area contributed by atoms with E-state index in [1.807, 2.05) is 36.4 Å². The molecule has 5 rings (SSSR count). The number of carbonyl (C=O) groups excluding carboxylic acids is 1. The lowest BCUT2D eigenvalue weighted by Gasteiger charge is -2.47. The molecule has 3 fully saturated rings. The molecule has 5 heteroatoms. The van der Waals surface area contributed by atoms with Crippen LogP contribution in [0.4, 0.5) is 0 Å². The van der Waals surface area contributed by atoms with Crippen LogP contribution in [0, 0.1) is 0 Å². The van der Waals surface area contributed by atoms with E-state index in [9.17, 15) is 9.90 Å². The molecule has 0 aliphatic carbocycles. The van der Waals surface area contributed by atoms with Gasteiger partial charge in [-0.1, -0.05) is 60.7 Å². The lowest BCUT2D eigenvalue weighted by atomic mass is 9.86. The Morgan fingerprint density at radius 1 is 0.867 bits per heavy atom. The van der Waals surface area contributed by atoms with E-state index in [0.29, 0.717) is 23.2 Å². The van der Waals surface area contributed by atoms with E-state index in [0.717, 1.165) is 12.8 Å². The van der Waals surface area contributed by atoms with Gasteiger partial charge in [-0.25, -0.2) is 4.79 Å². The Morgan fingerprint density at radius 2 is 1.33 bits per heavy atom. The zero-order valence-electron chi connectivity index (χ0n) is 17.3. The number of quaternary nitrogens is 1. The normalized spacial score (nSPS) is 26.9. The summed E-state index contributed by atoms with van der Waals surface area (Å²) in [5.74, 6) is -0.547. The van der Waals surface area contributed by atoms with Gasteiger partial charge in [-0.05, 0) is 11.1 Å². The van der Waals surface area contributed by atoms with Gasteiger partial charge < -0.3 is 26.7 Å². The number of nitrogens with zero attached hydrogens (tertiary/aromatic N) is 1. The van der Waals surface area contributed by atoms with E-state index in [-0.39, 0.29) is 18.5 Å². The van der Waals surface area contributed by atoms with E-state index < -0.39 is 11.6 Å². The highest BCUT2D eigenvalue weighted by Gasteiger charge is 2.56. The number of rotatable bonds is 4. The SMILES string of the molecule is O=C(OC1C[C@@H]2CC[C@@H](C1)[N+]21CCCC1)C(O)(c1ccccc1)c1ccccc1.[Cl-]. The molecular formula is C25H30ClNO3. The van der Waals surface area contributed by atoms with Crippen LogP contribution in [0.25, 0.3) is 0 Å². The molecule has 2 bridgehead atoms. The summed E-state index contributed by atoms with van der Waals surface area (Å²) >= 11 is 0. The molecule has 1 spiro atoms. The molecule has 2 aromatic rings. The molecule has 2 aromatic carbocycles. The van der Waals surface area contributed by atoms with Crippen molar-refractivity contribution < 1.29 is 31.5 Å². The van der Waals surface area contributed by atoms with E-state index in [4.69, 9.17) is 4.74 Å². The van der Waals surface area contributed by atoms with Crippen molar-refractivity contribution in [3.63, 3.8) is 0 Å². The fourth-order valence-corrected chi connectivity index (χ4v) is 6.30. The number of ether oxygens (including phenoxy) is 1. The molecule has 3 aliphatic heterocycles. The minimum Gasteiger partial charge on any atom is -1.00 e. The number of halogens is 1. The molecule has 2 atom stereocenters. The molecule has 160 valence electrons. The van der Waals surface area contributed by atoms with Crippen LogP contribution in [0.2, 0.25) is 0 Å². The molecule has 1 N–H and O–H groups in total. The van der Waals surface area contributed by atoms with Gasteiger partial charge in [-0.3, -0.25) is 0 Å². The summed E-state index contributed by atoms with van der Waals surface area (Å²) in [6.07, 6.45) is 6.94. The summed E-state index contributed by atoms with van der Waals surface area (Å²) in [6, 6.07) is 19.6. The standard InChI is InChI=1S/C25H30NO3.ClH/c27-24(25(28,19-9-3-1-4-10-19)20-11-5-2-6-12-20)29-23-17-21-13-14-22(18-23)26(21)15-7-8-16-26;/h1-6,9-12,21-23,28H,7-8,13-18H2;1H/q+1;/p-1/t21-,22-;/m0./s1. The fraction of sp³-hybridized carbons (Fsp3) is 0.480. The van der Waals surface area contributed by atoms with Gasteiger partial charge in [0.2, 0.25) is 5.60 Å². The van der Waals surface area contributed by atoms with E-state index in [2.05, 4.69) is 0 Å². The average molecular weight is 428 g/mol. The maximum absolute atomic E-state index is 13.4. The molecule has 3 aliphatic rings. The van der Waals surface area contributed by atoms with Crippen molar-refractivity contribution in [2.24, 2.45) is 0 Å². The first-order valence-electron chi connectivity index (χ1n) is 11.0. The zero-order chi connectivity index (χ0) is 19.9. The molecular weight excluding hydrogens is 398 g/mol. The summed E-state index contributed by atoms with van der Waals surface area (Å²) in [4.78, 5) is 13.4. The second-order valence-corrected chi connectivity index (χ2v) is 9.08. The Balaban J connectivity index is 0.00000218.